The van der Waals surface area contributed by atoms with E-state index in [-0.39, 0.29) is 11.9 Å². The van der Waals surface area contributed by atoms with Crippen LogP contribution in [0.25, 0.3) is 0 Å². The molecule has 1 atom stereocenters. The second kappa shape index (κ2) is 8.48. The van der Waals surface area contributed by atoms with Crippen LogP contribution in [0.1, 0.15) is 28.6 Å². The fraction of sp³-hybridized carbons (Fsp3) is 0.261. The molecular weight excluding hydrogens is 368 g/mol. The Morgan fingerprint density at radius 2 is 1.89 bits per heavy atom. The van der Waals surface area contributed by atoms with E-state index in [1.54, 1.807) is 0 Å². The van der Waals surface area contributed by atoms with Crippen LogP contribution in [-0.4, -0.2) is 25.1 Å². The minimum absolute atomic E-state index is 0.00152. The van der Waals surface area contributed by atoms with Gasteiger partial charge < -0.3 is 15.0 Å². The van der Waals surface area contributed by atoms with E-state index in [1.165, 1.54) is 16.9 Å². The van der Waals surface area contributed by atoms with Gasteiger partial charge in [0.2, 0.25) is 0 Å². The van der Waals surface area contributed by atoms with Crippen molar-refractivity contribution in [2.45, 2.75) is 25.8 Å². The number of benzene rings is 2. The number of carbonyl (C=O) groups excluding carboxylic acids is 1. The number of hydrogen-bond acceptors (Lipinski definition) is 4. The van der Waals surface area contributed by atoms with Crippen LogP contribution in [0.15, 0.2) is 66.7 Å². The Bertz CT molecular complexity index is 939. The number of fused-ring (bicyclic) bond motifs is 1. The maximum atomic E-state index is 12.7. The first kappa shape index (κ1) is 18.6. The smallest absolute Gasteiger partial charge is 0.261 e. The zero-order chi connectivity index (χ0) is 19.3. The Labute approximate surface area is 169 Å². The number of para-hydroxylation sites is 2. The number of rotatable bonds is 6. The fourth-order valence-electron chi connectivity index (χ4n) is 3.39. The predicted octanol–water partition coefficient (Wildman–Crippen LogP) is 5.03. The van der Waals surface area contributed by atoms with Crippen molar-refractivity contribution in [3.05, 3.63) is 77.2 Å². The predicted molar refractivity (Wildman–Crippen MR) is 115 cm³/mol. The molecule has 0 spiro atoms. The summed E-state index contributed by atoms with van der Waals surface area (Å²) in [7, 11) is 0. The van der Waals surface area contributed by atoms with Gasteiger partial charge in [0.15, 0.2) is 0 Å². The number of carbonyl (C=O) groups is 1. The number of ether oxygens (including phenoxy) is 1. The minimum atomic E-state index is -0.00152. The average Bonchev–Trinajstić information content (AvgIpc) is 3.23. The number of amides is 1. The molecule has 4 nitrogen and oxygen atoms in total. The van der Waals surface area contributed by atoms with Gasteiger partial charge in [0, 0.05) is 6.04 Å². The van der Waals surface area contributed by atoms with E-state index >= 15 is 0 Å². The molecule has 0 fully saturated rings. The van der Waals surface area contributed by atoms with E-state index in [4.69, 9.17) is 4.74 Å². The van der Waals surface area contributed by atoms with Gasteiger partial charge in [-0.15, -0.1) is 11.3 Å². The molecule has 0 radical (unpaired) electrons. The molecule has 0 bridgehead atoms. The van der Waals surface area contributed by atoms with Crippen LogP contribution < -0.4 is 15.0 Å². The zero-order valence-corrected chi connectivity index (χ0v) is 16.7. The first-order chi connectivity index (χ1) is 13.7. The third kappa shape index (κ3) is 4.20. The first-order valence-corrected chi connectivity index (χ1v) is 10.5. The number of nitrogens with one attached hydrogen (secondary N) is 1. The Morgan fingerprint density at radius 3 is 2.75 bits per heavy atom. The van der Waals surface area contributed by atoms with Crippen molar-refractivity contribution in [1.29, 1.82) is 0 Å². The van der Waals surface area contributed by atoms with E-state index in [2.05, 4.69) is 47.5 Å². The minimum Gasteiger partial charge on any atom is -0.490 e. The maximum absolute atomic E-state index is 12.7. The van der Waals surface area contributed by atoms with Gasteiger partial charge in [0.25, 0.3) is 5.91 Å². The van der Waals surface area contributed by atoms with Gasteiger partial charge in [-0.3, -0.25) is 4.79 Å². The molecule has 1 amide bonds. The van der Waals surface area contributed by atoms with Crippen LogP contribution in [0.5, 0.6) is 5.75 Å². The summed E-state index contributed by atoms with van der Waals surface area (Å²) >= 11 is 1.53. The molecule has 4 rings (SSSR count). The highest BCUT2D eigenvalue weighted by Crippen LogP contribution is 2.39. The lowest BCUT2D eigenvalue weighted by Crippen LogP contribution is -2.32. The van der Waals surface area contributed by atoms with E-state index in [1.807, 2.05) is 36.4 Å². The van der Waals surface area contributed by atoms with Gasteiger partial charge in [-0.25, -0.2) is 0 Å². The molecule has 1 aromatic heterocycles. The van der Waals surface area contributed by atoms with Crippen molar-refractivity contribution in [2.75, 3.05) is 18.1 Å². The number of hydrogen-bond donors (Lipinski definition) is 1. The van der Waals surface area contributed by atoms with E-state index in [0.717, 1.165) is 40.7 Å². The zero-order valence-electron chi connectivity index (χ0n) is 15.9. The van der Waals surface area contributed by atoms with Gasteiger partial charge in [0.05, 0.1) is 22.1 Å². The molecule has 3 aromatic rings. The molecule has 1 aliphatic heterocycles. The molecule has 2 heterocycles. The highest BCUT2D eigenvalue weighted by molar-refractivity contribution is 7.18. The average molecular weight is 393 g/mol. The lowest BCUT2D eigenvalue weighted by Gasteiger charge is -2.29. The summed E-state index contributed by atoms with van der Waals surface area (Å²) in [4.78, 5) is 15.6. The molecule has 0 aliphatic carbocycles. The van der Waals surface area contributed by atoms with Gasteiger partial charge in [-0.2, -0.15) is 0 Å². The lowest BCUT2D eigenvalue weighted by molar-refractivity contribution is 0.0942. The van der Waals surface area contributed by atoms with Gasteiger partial charge >= 0.3 is 0 Å². The largest absolute Gasteiger partial charge is 0.490 e. The van der Waals surface area contributed by atoms with Crippen molar-refractivity contribution in [1.82, 2.24) is 5.32 Å². The first-order valence-electron chi connectivity index (χ1n) is 9.65. The molecule has 0 unspecified atom stereocenters. The Hall–Kier alpha value is -2.79. The molecule has 144 valence electrons. The standard InChI is InChI=1S/C23H24N2O2S/c1-17(11-12-18-7-3-2-4-8-18)24-23(26)21-13-14-22(28-21)25-15-16-27-20-10-6-5-9-19(20)25/h2-10,13-14,17H,11-12,15-16H2,1H3,(H,24,26)/t17-/m1/s1. The SMILES string of the molecule is C[C@H](CCc1ccccc1)NC(=O)c1ccc(N2CCOc3ccccc32)s1. The van der Waals surface area contributed by atoms with Crippen molar-refractivity contribution in [2.24, 2.45) is 0 Å². The normalized spacial score (nSPS) is 14.1. The summed E-state index contributed by atoms with van der Waals surface area (Å²) < 4.78 is 5.73. The third-order valence-electron chi connectivity index (χ3n) is 4.90. The molecule has 0 saturated carbocycles. The quantitative estimate of drug-likeness (QED) is 0.640. The van der Waals surface area contributed by atoms with E-state index < -0.39 is 0 Å². The summed E-state index contributed by atoms with van der Waals surface area (Å²) in [5.41, 5.74) is 2.35. The fourth-order valence-corrected chi connectivity index (χ4v) is 4.34. The second-order valence-electron chi connectivity index (χ2n) is 7.00. The number of aryl methyl sites for hydroxylation is 1. The maximum Gasteiger partial charge on any atom is 0.261 e. The molecule has 5 heteroatoms. The van der Waals surface area contributed by atoms with E-state index in [0.29, 0.717) is 6.61 Å². The summed E-state index contributed by atoms with van der Waals surface area (Å²) in [6.07, 6.45) is 1.88. The molecule has 1 N–H and O–H groups in total. The van der Waals surface area contributed by atoms with Gasteiger partial charge in [-0.05, 0) is 49.6 Å². The topological polar surface area (TPSA) is 41.6 Å². The molecule has 1 aliphatic rings. The van der Waals surface area contributed by atoms with E-state index in [9.17, 15) is 4.79 Å². The monoisotopic (exact) mass is 392 g/mol. The van der Waals surface area contributed by atoms with Crippen molar-refractivity contribution >= 4 is 27.9 Å². The Morgan fingerprint density at radius 1 is 1.11 bits per heavy atom. The number of thiophene rings is 1. The second-order valence-corrected chi connectivity index (χ2v) is 8.07. The van der Waals surface area contributed by atoms with Crippen LogP contribution in [0.4, 0.5) is 10.7 Å². The molecular formula is C23H24N2O2S. The van der Waals surface area contributed by atoms with Crippen LogP contribution >= 0.6 is 11.3 Å². The van der Waals surface area contributed by atoms with Gasteiger partial charge in [0.1, 0.15) is 12.4 Å². The van der Waals surface area contributed by atoms with Gasteiger partial charge in [-0.1, -0.05) is 42.5 Å². The van der Waals surface area contributed by atoms with Crippen molar-refractivity contribution < 1.29 is 9.53 Å². The number of nitrogens with zero attached hydrogens (tertiary/aromatic N) is 1. The Balaban J connectivity index is 1.38. The van der Waals surface area contributed by atoms with Crippen LogP contribution in [0.2, 0.25) is 0 Å². The van der Waals surface area contributed by atoms with Crippen LogP contribution in [0, 0.1) is 0 Å². The van der Waals surface area contributed by atoms with Crippen LogP contribution in [-0.2, 0) is 6.42 Å². The lowest BCUT2D eigenvalue weighted by atomic mass is 10.1. The Kier molecular flexibility index (Phi) is 5.63. The third-order valence-corrected chi connectivity index (χ3v) is 6.00. The molecule has 28 heavy (non-hydrogen) atoms. The van der Waals surface area contributed by atoms with Crippen molar-refractivity contribution in [3.63, 3.8) is 0 Å². The summed E-state index contributed by atoms with van der Waals surface area (Å²) in [5, 5.41) is 4.20. The molecule has 2 aromatic carbocycles. The molecule has 0 saturated heterocycles. The highest BCUT2D eigenvalue weighted by Gasteiger charge is 2.21. The number of anilines is 2. The highest BCUT2D eigenvalue weighted by atomic mass is 32.1. The van der Waals surface area contributed by atoms with Crippen LogP contribution in [0.3, 0.4) is 0 Å². The summed E-state index contributed by atoms with van der Waals surface area (Å²) in [6.45, 7) is 3.49. The summed E-state index contributed by atoms with van der Waals surface area (Å²) in [5.74, 6) is 0.890. The summed E-state index contributed by atoms with van der Waals surface area (Å²) in [6, 6.07) is 22.5. The van der Waals surface area contributed by atoms with Crippen molar-refractivity contribution in [3.8, 4) is 5.75 Å².